The molecule has 0 rings (SSSR count). The molecule has 84 valence electrons. The lowest BCUT2D eigenvalue weighted by atomic mass is 10.6. The van der Waals surface area contributed by atoms with Gasteiger partial charge in [-0.05, 0) is 0 Å². The molecule has 0 aliphatic rings. The van der Waals surface area contributed by atoms with Gasteiger partial charge in [-0.2, -0.15) is 0 Å². The molecular formula is C8H20N4O2. The van der Waals surface area contributed by atoms with E-state index < -0.39 is 0 Å². The van der Waals surface area contributed by atoms with E-state index in [-0.39, 0.29) is 11.8 Å². The van der Waals surface area contributed by atoms with Gasteiger partial charge in [0.1, 0.15) is 0 Å². The predicted molar refractivity (Wildman–Crippen MR) is 55.5 cm³/mol. The van der Waals surface area contributed by atoms with Gasteiger partial charge in [0.05, 0.1) is 0 Å². The van der Waals surface area contributed by atoms with Crippen LogP contribution in [0.5, 0.6) is 0 Å². The maximum Gasteiger partial charge on any atom is 0.216 e. The molecule has 0 fully saturated rings. The third-order valence-electron chi connectivity index (χ3n) is 1.04. The lowest BCUT2D eigenvalue weighted by Crippen LogP contribution is -2.26. The van der Waals surface area contributed by atoms with Crippen LogP contribution in [-0.4, -0.2) is 38.0 Å². The van der Waals surface area contributed by atoms with E-state index in [9.17, 15) is 9.59 Å². The van der Waals surface area contributed by atoms with E-state index >= 15 is 0 Å². The highest BCUT2D eigenvalue weighted by molar-refractivity contribution is 5.73. The highest BCUT2D eigenvalue weighted by Crippen LogP contribution is 1.55. The number of carbonyl (C=O) groups is 2. The molecule has 0 bridgehead atoms. The van der Waals surface area contributed by atoms with Crippen LogP contribution in [0, 0.1) is 0 Å². The smallest absolute Gasteiger partial charge is 0.216 e. The van der Waals surface area contributed by atoms with Gasteiger partial charge in [0, 0.05) is 40.0 Å². The molecule has 0 saturated heterocycles. The fraction of sp³-hybridized carbons (Fsp3) is 0.750. The van der Waals surface area contributed by atoms with Crippen LogP contribution in [0.2, 0.25) is 0 Å². The van der Waals surface area contributed by atoms with Crippen molar-refractivity contribution in [1.29, 1.82) is 0 Å². The van der Waals surface area contributed by atoms with Crippen molar-refractivity contribution in [3.05, 3.63) is 0 Å². The zero-order valence-electron chi connectivity index (χ0n) is 8.80. The van der Waals surface area contributed by atoms with Gasteiger partial charge in [0.15, 0.2) is 0 Å². The molecule has 14 heavy (non-hydrogen) atoms. The Morgan fingerprint density at radius 3 is 1.29 bits per heavy atom. The van der Waals surface area contributed by atoms with Gasteiger partial charge in [0.2, 0.25) is 11.8 Å². The maximum atomic E-state index is 10.0. The summed E-state index contributed by atoms with van der Waals surface area (Å²) < 4.78 is 0. The molecular weight excluding hydrogens is 184 g/mol. The molecule has 6 N–H and O–H groups in total. The van der Waals surface area contributed by atoms with E-state index in [0.717, 1.165) is 0 Å². The van der Waals surface area contributed by atoms with Crippen molar-refractivity contribution in [3.63, 3.8) is 0 Å². The van der Waals surface area contributed by atoms with Crippen LogP contribution in [-0.2, 0) is 9.59 Å². The van der Waals surface area contributed by atoms with Crippen LogP contribution in [0.4, 0.5) is 0 Å². The molecule has 0 spiro atoms. The van der Waals surface area contributed by atoms with E-state index in [0.29, 0.717) is 26.2 Å². The number of carbonyl (C=O) groups excluding carboxylic acids is 2. The number of nitrogens with one attached hydrogen (secondary N) is 2. The first-order valence-corrected chi connectivity index (χ1v) is 4.43. The van der Waals surface area contributed by atoms with E-state index in [1.165, 1.54) is 13.8 Å². The summed E-state index contributed by atoms with van der Waals surface area (Å²) in [5.41, 5.74) is 10.1. The van der Waals surface area contributed by atoms with Gasteiger partial charge < -0.3 is 22.1 Å². The second kappa shape index (κ2) is 11.9. The van der Waals surface area contributed by atoms with Crippen molar-refractivity contribution in [2.24, 2.45) is 11.5 Å². The zero-order chi connectivity index (χ0) is 11.4. The van der Waals surface area contributed by atoms with Gasteiger partial charge in [-0.15, -0.1) is 0 Å². The molecule has 0 aliphatic carbocycles. The number of hydrogen-bond donors (Lipinski definition) is 4. The SMILES string of the molecule is CC(=O)NCCN.CC(=O)NCCN. The fourth-order valence-corrected chi connectivity index (χ4v) is 0.496. The average Bonchev–Trinajstić information content (AvgIpc) is 2.12. The second-order valence-corrected chi connectivity index (χ2v) is 2.54. The first-order chi connectivity index (χ1) is 6.54. The summed E-state index contributed by atoms with van der Waals surface area (Å²) in [6.45, 7) is 5.12. The molecule has 0 aliphatic heterocycles. The molecule has 6 heteroatoms. The molecule has 2 amide bonds. The normalized spacial score (nSPS) is 8.29. The lowest BCUT2D eigenvalue weighted by Gasteiger charge is -1.93. The Hall–Kier alpha value is -1.14. The second-order valence-electron chi connectivity index (χ2n) is 2.54. The molecule has 0 radical (unpaired) electrons. The van der Waals surface area contributed by atoms with E-state index in [4.69, 9.17) is 11.5 Å². The van der Waals surface area contributed by atoms with Crippen LogP contribution in [0.25, 0.3) is 0 Å². The number of nitrogens with two attached hydrogens (primary N) is 2. The Morgan fingerprint density at radius 2 is 1.21 bits per heavy atom. The van der Waals surface area contributed by atoms with E-state index in [1.807, 2.05) is 0 Å². The standard InChI is InChI=1S/2C4H10N2O/c2*1-4(7)6-3-2-5/h2*2-3,5H2,1H3,(H,6,7). The van der Waals surface area contributed by atoms with Crippen molar-refractivity contribution in [3.8, 4) is 0 Å². The molecule has 0 unspecified atom stereocenters. The molecule has 0 saturated carbocycles. The Morgan fingerprint density at radius 1 is 0.929 bits per heavy atom. The molecule has 0 aromatic heterocycles. The third-order valence-corrected chi connectivity index (χ3v) is 1.04. The number of hydrogen-bond acceptors (Lipinski definition) is 4. The van der Waals surface area contributed by atoms with Crippen molar-refractivity contribution in [2.45, 2.75) is 13.8 Å². The van der Waals surface area contributed by atoms with Gasteiger partial charge in [-0.25, -0.2) is 0 Å². The summed E-state index contributed by atoms with van der Waals surface area (Å²) in [4.78, 5) is 20.1. The third kappa shape index (κ3) is 22.4. The quantitative estimate of drug-likeness (QED) is 0.431. The Kier molecular flexibility index (Phi) is 13.0. The van der Waals surface area contributed by atoms with Crippen molar-refractivity contribution < 1.29 is 9.59 Å². The van der Waals surface area contributed by atoms with Crippen LogP contribution in [0.1, 0.15) is 13.8 Å². The molecule has 0 atom stereocenters. The van der Waals surface area contributed by atoms with Gasteiger partial charge >= 0.3 is 0 Å². The first kappa shape index (κ1) is 15.3. The fourth-order valence-electron chi connectivity index (χ4n) is 0.496. The summed E-state index contributed by atoms with van der Waals surface area (Å²) in [5, 5.41) is 5.06. The van der Waals surface area contributed by atoms with E-state index in [2.05, 4.69) is 10.6 Å². The Bertz CT molecular complexity index is 143. The number of amides is 2. The molecule has 6 nitrogen and oxygen atoms in total. The van der Waals surface area contributed by atoms with Crippen molar-refractivity contribution in [2.75, 3.05) is 26.2 Å². The Balaban J connectivity index is 0. The summed E-state index contributed by atoms with van der Waals surface area (Å²) in [5.74, 6) is -0.0455. The molecule has 0 aromatic carbocycles. The van der Waals surface area contributed by atoms with Crippen LogP contribution < -0.4 is 22.1 Å². The minimum Gasteiger partial charge on any atom is -0.355 e. The molecule has 0 aromatic rings. The minimum atomic E-state index is -0.0227. The summed E-state index contributed by atoms with van der Waals surface area (Å²) in [6.07, 6.45) is 0. The monoisotopic (exact) mass is 204 g/mol. The average molecular weight is 204 g/mol. The van der Waals surface area contributed by atoms with Crippen LogP contribution >= 0.6 is 0 Å². The minimum absolute atomic E-state index is 0.0227. The van der Waals surface area contributed by atoms with E-state index in [1.54, 1.807) is 0 Å². The summed E-state index contributed by atoms with van der Waals surface area (Å²) >= 11 is 0. The predicted octanol–water partition coefficient (Wildman–Crippen LogP) is -1.84. The van der Waals surface area contributed by atoms with Gasteiger partial charge in [-0.1, -0.05) is 0 Å². The highest BCUT2D eigenvalue weighted by atomic mass is 16.1. The molecule has 0 heterocycles. The van der Waals surface area contributed by atoms with Crippen LogP contribution in [0.15, 0.2) is 0 Å². The topological polar surface area (TPSA) is 110 Å². The van der Waals surface area contributed by atoms with Gasteiger partial charge in [-0.3, -0.25) is 9.59 Å². The lowest BCUT2D eigenvalue weighted by molar-refractivity contribution is -0.119. The first-order valence-electron chi connectivity index (χ1n) is 4.43. The largest absolute Gasteiger partial charge is 0.355 e. The van der Waals surface area contributed by atoms with Gasteiger partial charge in [0.25, 0.3) is 0 Å². The summed E-state index contributed by atoms with van der Waals surface area (Å²) in [7, 11) is 0. The van der Waals surface area contributed by atoms with Crippen molar-refractivity contribution in [1.82, 2.24) is 10.6 Å². The van der Waals surface area contributed by atoms with Crippen LogP contribution in [0.3, 0.4) is 0 Å². The highest BCUT2D eigenvalue weighted by Gasteiger charge is 1.83. The number of rotatable bonds is 4. The zero-order valence-corrected chi connectivity index (χ0v) is 8.80. The Labute approximate surface area is 84.4 Å². The summed E-state index contributed by atoms with van der Waals surface area (Å²) in [6, 6.07) is 0. The maximum absolute atomic E-state index is 10.0. The van der Waals surface area contributed by atoms with Crippen molar-refractivity contribution >= 4 is 11.8 Å².